The quantitative estimate of drug-likeness (QED) is 0.718. The minimum absolute atomic E-state index is 0.394. The molecule has 8 heteroatoms. The van der Waals surface area contributed by atoms with E-state index >= 15 is 0 Å². The molecule has 0 spiro atoms. The maximum Gasteiger partial charge on any atom is 0.226 e. The fourth-order valence-corrected chi connectivity index (χ4v) is 3.44. The van der Waals surface area contributed by atoms with Crippen molar-refractivity contribution in [2.75, 3.05) is 6.26 Å². The first-order valence-corrected chi connectivity index (χ1v) is 7.98. The van der Waals surface area contributed by atoms with E-state index in [2.05, 4.69) is 20.2 Å². The van der Waals surface area contributed by atoms with E-state index in [1.54, 1.807) is 22.2 Å². The van der Waals surface area contributed by atoms with Gasteiger partial charge in [-0.1, -0.05) is 0 Å². The number of aryl methyl sites for hydroxylation is 2. The molecule has 0 aliphatic heterocycles. The first-order valence-electron chi connectivity index (χ1n) is 5.54. The average molecular weight is 293 g/mol. The van der Waals surface area contributed by atoms with Crippen LogP contribution in [0.4, 0.5) is 0 Å². The molecule has 3 aromatic heterocycles. The molecule has 1 atom stereocenters. The van der Waals surface area contributed by atoms with Crippen LogP contribution in [-0.2, 0) is 10.8 Å². The largest absolute Gasteiger partial charge is 0.257 e. The van der Waals surface area contributed by atoms with Gasteiger partial charge in [0.2, 0.25) is 5.16 Å². The average Bonchev–Trinajstić information content (AvgIpc) is 2.95. The Labute approximate surface area is 116 Å². The predicted octanol–water partition coefficient (Wildman–Crippen LogP) is 1.63. The van der Waals surface area contributed by atoms with Gasteiger partial charge in [0, 0.05) is 6.26 Å². The topological polar surface area (TPSA) is 73.6 Å². The third-order valence-electron chi connectivity index (χ3n) is 2.71. The van der Waals surface area contributed by atoms with Crippen molar-refractivity contribution >= 4 is 32.4 Å². The molecule has 0 saturated carbocycles. The van der Waals surface area contributed by atoms with Gasteiger partial charge in [0.05, 0.1) is 16.2 Å². The van der Waals surface area contributed by atoms with Crippen molar-refractivity contribution in [3.05, 3.63) is 23.1 Å². The molecule has 6 nitrogen and oxygen atoms in total. The van der Waals surface area contributed by atoms with E-state index in [9.17, 15) is 4.21 Å². The van der Waals surface area contributed by atoms with Gasteiger partial charge in [0.15, 0.2) is 5.82 Å². The van der Waals surface area contributed by atoms with Gasteiger partial charge in [0.1, 0.15) is 17.0 Å². The van der Waals surface area contributed by atoms with Crippen LogP contribution in [0.25, 0.3) is 16.0 Å². The summed E-state index contributed by atoms with van der Waals surface area (Å²) in [6.45, 7) is 3.85. The molecule has 0 radical (unpaired) electrons. The standard InChI is InChI=1S/C11H11N5OS2/c1-6-4-18-10-8(6)9(13-7(2)14-10)16-5-12-15-11(16)19(3)17/h4-5H,1-3H3. The van der Waals surface area contributed by atoms with Gasteiger partial charge < -0.3 is 0 Å². The van der Waals surface area contributed by atoms with Gasteiger partial charge in [-0.3, -0.25) is 8.78 Å². The number of hydrogen-bond donors (Lipinski definition) is 0. The van der Waals surface area contributed by atoms with Crippen LogP contribution < -0.4 is 0 Å². The van der Waals surface area contributed by atoms with Crippen molar-refractivity contribution in [3.63, 3.8) is 0 Å². The number of rotatable bonds is 2. The Bertz CT molecular complexity index is 792. The highest BCUT2D eigenvalue weighted by Crippen LogP contribution is 2.29. The molecule has 0 fully saturated rings. The van der Waals surface area contributed by atoms with E-state index in [0.29, 0.717) is 16.8 Å². The summed E-state index contributed by atoms with van der Waals surface area (Å²) in [5.41, 5.74) is 1.09. The van der Waals surface area contributed by atoms with Gasteiger partial charge in [-0.05, 0) is 24.8 Å². The lowest BCUT2D eigenvalue weighted by atomic mass is 10.2. The Balaban J connectivity index is 2.38. The SMILES string of the molecule is Cc1nc(-n2cnnc2S(C)=O)c2c(C)csc2n1. The number of thiophene rings is 1. The maximum atomic E-state index is 11.7. The summed E-state index contributed by atoms with van der Waals surface area (Å²) in [6, 6.07) is 0. The van der Waals surface area contributed by atoms with E-state index in [4.69, 9.17) is 0 Å². The molecular formula is C11H11N5OS2. The van der Waals surface area contributed by atoms with Gasteiger partial charge in [-0.25, -0.2) is 9.97 Å². The van der Waals surface area contributed by atoms with Crippen molar-refractivity contribution in [3.8, 4) is 5.82 Å². The summed E-state index contributed by atoms with van der Waals surface area (Å²) in [5, 5.41) is 11.1. The van der Waals surface area contributed by atoms with Gasteiger partial charge >= 0.3 is 0 Å². The molecule has 3 aromatic rings. The molecule has 0 N–H and O–H groups in total. The zero-order valence-corrected chi connectivity index (χ0v) is 12.2. The second kappa shape index (κ2) is 4.46. The van der Waals surface area contributed by atoms with E-state index in [0.717, 1.165) is 15.8 Å². The van der Waals surface area contributed by atoms with Crippen LogP contribution in [0.2, 0.25) is 0 Å². The second-order valence-electron chi connectivity index (χ2n) is 4.13. The Hall–Kier alpha value is -1.67. The zero-order chi connectivity index (χ0) is 13.6. The summed E-state index contributed by atoms with van der Waals surface area (Å²) in [6.07, 6.45) is 3.11. The fourth-order valence-electron chi connectivity index (χ4n) is 1.91. The number of fused-ring (bicyclic) bond motifs is 1. The Kier molecular flexibility index (Phi) is 2.90. The van der Waals surface area contributed by atoms with Gasteiger partial charge in [0.25, 0.3) is 0 Å². The summed E-state index contributed by atoms with van der Waals surface area (Å²) < 4.78 is 13.4. The molecule has 0 aliphatic carbocycles. The molecule has 3 heterocycles. The highest BCUT2D eigenvalue weighted by molar-refractivity contribution is 7.84. The van der Waals surface area contributed by atoms with Gasteiger partial charge in [-0.15, -0.1) is 21.5 Å². The monoisotopic (exact) mass is 293 g/mol. The summed E-state index contributed by atoms with van der Waals surface area (Å²) in [7, 11) is -1.22. The number of aromatic nitrogens is 5. The van der Waals surface area contributed by atoms with Crippen LogP contribution in [0.3, 0.4) is 0 Å². The molecule has 98 valence electrons. The second-order valence-corrected chi connectivity index (χ2v) is 6.26. The lowest BCUT2D eigenvalue weighted by Crippen LogP contribution is -2.06. The van der Waals surface area contributed by atoms with Crippen molar-refractivity contribution in [2.45, 2.75) is 19.0 Å². The lowest BCUT2D eigenvalue weighted by Gasteiger charge is -2.07. The van der Waals surface area contributed by atoms with Crippen molar-refractivity contribution in [1.82, 2.24) is 24.7 Å². The molecule has 0 bridgehead atoms. The first-order chi connectivity index (χ1) is 9.08. The van der Waals surface area contributed by atoms with Crippen LogP contribution in [-0.4, -0.2) is 35.2 Å². The maximum absolute atomic E-state index is 11.7. The van der Waals surface area contributed by atoms with Gasteiger partial charge in [-0.2, -0.15) is 0 Å². The molecule has 1 unspecified atom stereocenters. The third-order valence-corrected chi connectivity index (χ3v) is 4.49. The lowest BCUT2D eigenvalue weighted by molar-refractivity contribution is 0.675. The minimum Gasteiger partial charge on any atom is -0.257 e. The van der Waals surface area contributed by atoms with Crippen LogP contribution in [0.15, 0.2) is 16.9 Å². The highest BCUT2D eigenvalue weighted by Gasteiger charge is 2.17. The van der Waals surface area contributed by atoms with Crippen LogP contribution in [0, 0.1) is 13.8 Å². The molecule has 0 amide bonds. The van der Waals surface area contributed by atoms with Crippen LogP contribution in [0.5, 0.6) is 0 Å². The smallest absolute Gasteiger partial charge is 0.226 e. The van der Waals surface area contributed by atoms with E-state index in [-0.39, 0.29) is 0 Å². The van der Waals surface area contributed by atoms with Crippen LogP contribution >= 0.6 is 11.3 Å². The first kappa shape index (κ1) is 12.4. The number of hydrogen-bond acceptors (Lipinski definition) is 6. The van der Waals surface area contributed by atoms with E-state index in [1.807, 2.05) is 19.2 Å². The summed E-state index contributed by atoms with van der Waals surface area (Å²) in [4.78, 5) is 9.80. The minimum atomic E-state index is -1.22. The predicted molar refractivity (Wildman–Crippen MR) is 74.1 cm³/mol. The van der Waals surface area contributed by atoms with Crippen LogP contribution in [0.1, 0.15) is 11.4 Å². The normalized spacial score (nSPS) is 13.0. The van der Waals surface area contributed by atoms with Crippen molar-refractivity contribution in [2.24, 2.45) is 0 Å². The molecular weight excluding hydrogens is 282 g/mol. The molecule has 0 aromatic carbocycles. The van der Waals surface area contributed by atoms with E-state index in [1.165, 1.54) is 6.33 Å². The molecule has 0 saturated heterocycles. The fraction of sp³-hybridized carbons (Fsp3) is 0.273. The zero-order valence-electron chi connectivity index (χ0n) is 10.6. The Morgan fingerprint density at radius 3 is 2.84 bits per heavy atom. The molecule has 0 aliphatic rings. The summed E-state index contributed by atoms with van der Waals surface area (Å²) in [5.74, 6) is 1.36. The van der Waals surface area contributed by atoms with Crippen molar-refractivity contribution < 1.29 is 4.21 Å². The Morgan fingerprint density at radius 2 is 2.11 bits per heavy atom. The molecule has 3 rings (SSSR count). The van der Waals surface area contributed by atoms with Crippen molar-refractivity contribution in [1.29, 1.82) is 0 Å². The molecule has 19 heavy (non-hydrogen) atoms. The highest BCUT2D eigenvalue weighted by atomic mass is 32.2. The van der Waals surface area contributed by atoms with E-state index < -0.39 is 10.8 Å². The third kappa shape index (κ3) is 1.96. The Morgan fingerprint density at radius 1 is 1.32 bits per heavy atom. The number of nitrogens with zero attached hydrogens (tertiary/aromatic N) is 5. The summed E-state index contributed by atoms with van der Waals surface area (Å²) >= 11 is 1.57.